The van der Waals surface area contributed by atoms with Crippen LogP contribution in [0.2, 0.25) is 0 Å². The summed E-state index contributed by atoms with van der Waals surface area (Å²) in [4.78, 5) is 16.2. The Morgan fingerprint density at radius 2 is 2.35 bits per heavy atom. The molecule has 6 nitrogen and oxygen atoms in total. The van der Waals surface area contributed by atoms with E-state index in [2.05, 4.69) is 20.8 Å². The zero-order valence-corrected chi connectivity index (χ0v) is 11.0. The van der Waals surface area contributed by atoms with Gasteiger partial charge in [-0.05, 0) is 18.1 Å². The predicted octanol–water partition coefficient (Wildman–Crippen LogP) is 1.33. The first-order valence-electron chi connectivity index (χ1n) is 6.70. The lowest BCUT2D eigenvalue weighted by molar-refractivity contribution is -0.122. The van der Waals surface area contributed by atoms with Gasteiger partial charge in [-0.15, -0.1) is 0 Å². The SMILES string of the molecule is O=C(NCCc1ncno1)C1CCNc2ccccc21. The van der Waals surface area contributed by atoms with Gasteiger partial charge in [-0.1, -0.05) is 23.4 Å². The molecule has 0 radical (unpaired) electrons. The smallest absolute Gasteiger partial charge is 0.228 e. The quantitative estimate of drug-likeness (QED) is 0.877. The van der Waals surface area contributed by atoms with E-state index < -0.39 is 0 Å². The van der Waals surface area contributed by atoms with Gasteiger partial charge in [-0.3, -0.25) is 4.79 Å². The van der Waals surface area contributed by atoms with E-state index in [0.717, 1.165) is 24.2 Å². The number of nitrogens with zero attached hydrogens (tertiary/aromatic N) is 2. The number of benzene rings is 1. The van der Waals surface area contributed by atoms with Gasteiger partial charge in [-0.25, -0.2) is 0 Å². The van der Waals surface area contributed by atoms with Crippen LogP contribution in [0.1, 0.15) is 23.8 Å². The van der Waals surface area contributed by atoms with Crippen LogP contribution < -0.4 is 10.6 Å². The number of anilines is 1. The van der Waals surface area contributed by atoms with Crippen molar-refractivity contribution < 1.29 is 9.32 Å². The maximum absolute atomic E-state index is 12.3. The molecule has 2 aromatic rings. The van der Waals surface area contributed by atoms with E-state index in [1.807, 2.05) is 24.3 Å². The number of hydrogen-bond donors (Lipinski definition) is 2. The topological polar surface area (TPSA) is 80.1 Å². The molecule has 0 saturated carbocycles. The lowest BCUT2D eigenvalue weighted by Crippen LogP contribution is -2.34. The number of rotatable bonds is 4. The number of nitrogens with one attached hydrogen (secondary N) is 2. The fourth-order valence-electron chi connectivity index (χ4n) is 2.46. The number of aromatic nitrogens is 2. The summed E-state index contributed by atoms with van der Waals surface area (Å²) < 4.78 is 4.89. The summed E-state index contributed by atoms with van der Waals surface area (Å²) in [7, 11) is 0. The van der Waals surface area contributed by atoms with Crippen LogP contribution in [0.15, 0.2) is 35.1 Å². The number of fused-ring (bicyclic) bond motifs is 1. The Hall–Kier alpha value is -2.37. The molecule has 2 heterocycles. The highest BCUT2D eigenvalue weighted by Crippen LogP contribution is 2.31. The standard InChI is InChI=1S/C14H16N4O2/c19-14(16-8-6-13-17-9-18-20-13)11-5-7-15-12-4-2-1-3-10(11)12/h1-4,9,11,15H,5-8H2,(H,16,19). The maximum Gasteiger partial charge on any atom is 0.228 e. The molecule has 0 bridgehead atoms. The van der Waals surface area contributed by atoms with E-state index in [4.69, 9.17) is 4.52 Å². The van der Waals surface area contributed by atoms with Gasteiger partial charge in [0.2, 0.25) is 11.8 Å². The number of para-hydroxylation sites is 1. The highest BCUT2D eigenvalue weighted by molar-refractivity contribution is 5.86. The molecule has 1 amide bonds. The molecule has 2 N–H and O–H groups in total. The van der Waals surface area contributed by atoms with E-state index in [1.165, 1.54) is 6.33 Å². The van der Waals surface area contributed by atoms with Crippen molar-refractivity contribution in [2.45, 2.75) is 18.8 Å². The second-order valence-corrected chi connectivity index (χ2v) is 4.73. The summed E-state index contributed by atoms with van der Waals surface area (Å²) in [5.74, 6) is 0.504. The predicted molar refractivity (Wildman–Crippen MR) is 73.3 cm³/mol. The molecule has 1 unspecified atom stereocenters. The summed E-state index contributed by atoms with van der Waals surface area (Å²) in [5.41, 5.74) is 2.12. The molecule has 0 aliphatic carbocycles. The lowest BCUT2D eigenvalue weighted by atomic mass is 9.90. The first-order chi connectivity index (χ1) is 9.84. The summed E-state index contributed by atoms with van der Waals surface area (Å²) in [6.07, 6.45) is 2.72. The number of carbonyl (C=O) groups is 1. The van der Waals surface area contributed by atoms with E-state index >= 15 is 0 Å². The molecular formula is C14H16N4O2. The van der Waals surface area contributed by atoms with E-state index in [1.54, 1.807) is 0 Å². The highest BCUT2D eigenvalue weighted by Gasteiger charge is 2.25. The van der Waals surface area contributed by atoms with Gasteiger partial charge in [0.05, 0.1) is 5.92 Å². The Bertz CT molecular complexity index is 583. The van der Waals surface area contributed by atoms with Gasteiger partial charge < -0.3 is 15.2 Å². The van der Waals surface area contributed by atoms with Crippen molar-refractivity contribution >= 4 is 11.6 Å². The molecule has 0 spiro atoms. The summed E-state index contributed by atoms with van der Waals surface area (Å²) in [6, 6.07) is 7.95. The molecule has 1 aromatic carbocycles. The van der Waals surface area contributed by atoms with Crippen molar-refractivity contribution in [1.82, 2.24) is 15.5 Å². The van der Waals surface area contributed by atoms with Crippen LogP contribution in [0, 0.1) is 0 Å². The Morgan fingerprint density at radius 3 is 3.20 bits per heavy atom. The minimum absolute atomic E-state index is 0.0541. The molecule has 3 rings (SSSR count). The number of carbonyl (C=O) groups excluding carboxylic acids is 1. The van der Waals surface area contributed by atoms with Crippen LogP contribution in [0.4, 0.5) is 5.69 Å². The Balaban J connectivity index is 1.60. The summed E-state index contributed by atoms with van der Waals surface area (Å²) in [6.45, 7) is 1.33. The molecule has 20 heavy (non-hydrogen) atoms. The van der Waals surface area contributed by atoms with E-state index in [0.29, 0.717) is 18.9 Å². The Labute approximate surface area is 116 Å². The molecule has 1 aliphatic rings. The Kier molecular flexibility index (Phi) is 3.62. The molecule has 1 aromatic heterocycles. The van der Waals surface area contributed by atoms with Crippen molar-refractivity contribution in [3.8, 4) is 0 Å². The second-order valence-electron chi connectivity index (χ2n) is 4.73. The zero-order valence-electron chi connectivity index (χ0n) is 11.0. The van der Waals surface area contributed by atoms with Gasteiger partial charge in [0.1, 0.15) is 0 Å². The van der Waals surface area contributed by atoms with Gasteiger partial charge in [-0.2, -0.15) is 4.98 Å². The average Bonchev–Trinajstić information content (AvgIpc) is 3.00. The molecule has 1 aliphatic heterocycles. The zero-order chi connectivity index (χ0) is 13.8. The lowest BCUT2D eigenvalue weighted by Gasteiger charge is -2.25. The van der Waals surface area contributed by atoms with E-state index in [9.17, 15) is 4.79 Å². The van der Waals surface area contributed by atoms with Crippen molar-refractivity contribution in [3.05, 3.63) is 42.0 Å². The van der Waals surface area contributed by atoms with Crippen LogP contribution >= 0.6 is 0 Å². The monoisotopic (exact) mass is 272 g/mol. The van der Waals surface area contributed by atoms with Crippen molar-refractivity contribution in [2.24, 2.45) is 0 Å². The fourth-order valence-corrected chi connectivity index (χ4v) is 2.46. The van der Waals surface area contributed by atoms with Gasteiger partial charge in [0.25, 0.3) is 0 Å². The number of hydrogen-bond acceptors (Lipinski definition) is 5. The molecule has 1 atom stereocenters. The molecule has 0 saturated heterocycles. The average molecular weight is 272 g/mol. The van der Waals surface area contributed by atoms with Gasteiger partial charge in [0.15, 0.2) is 6.33 Å². The van der Waals surface area contributed by atoms with Crippen LogP contribution in [0.25, 0.3) is 0 Å². The first kappa shape index (κ1) is 12.7. The van der Waals surface area contributed by atoms with Crippen LogP contribution in [-0.4, -0.2) is 29.1 Å². The number of amides is 1. The van der Waals surface area contributed by atoms with Crippen molar-refractivity contribution in [2.75, 3.05) is 18.4 Å². The first-order valence-corrected chi connectivity index (χ1v) is 6.70. The molecule has 6 heteroatoms. The summed E-state index contributed by atoms with van der Waals surface area (Å²) in [5, 5.41) is 9.78. The minimum Gasteiger partial charge on any atom is -0.385 e. The highest BCUT2D eigenvalue weighted by atomic mass is 16.5. The third-order valence-electron chi connectivity index (χ3n) is 3.45. The summed E-state index contributed by atoms with van der Waals surface area (Å²) >= 11 is 0. The molecule has 104 valence electrons. The van der Waals surface area contributed by atoms with Crippen LogP contribution in [-0.2, 0) is 11.2 Å². The van der Waals surface area contributed by atoms with Crippen molar-refractivity contribution in [3.63, 3.8) is 0 Å². The maximum atomic E-state index is 12.3. The normalized spacial score (nSPS) is 17.1. The van der Waals surface area contributed by atoms with Gasteiger partial charge in [0, 0.05) is 25.2 Å². The third kappa shape index (κ3) is 2.64. The second kappa shape index (κ2) is 5.73. The fraction of sp³-hybridized carbons (Fsp3) is 0.357. The van der Waals surface area contributed by atoms with Crippen molar-refractivity contribution in [1.29, 1.82) is 0 Å². The molecule has 0 fully saturated rings. The largest absolute Gasteiger partial charge is 0.385 e. The van der Waals surface area contributed by atoms with Crippen LogP contribution in [0.5, 0.6) is 0 Å². The van der Waals surface area contributed by atoms with E-state index in [-0.39, 0.29) is 11.8 Å². The third-order valence-corrected chi connectivity index (χ3v) is 3.45. The Morgan fingerprint density at radius 1 is 1.45 bits per heavy atom. The minimum atomic E-state index is -0.0878. The van der Waals surface area contributed by atoms with Gasteiger partial charge >= 0.3 is 0 Å². The molecular weight excluding hydrogens is 256 g/mol. The van der Waals surface area contributed by atoms with Crippen LogP contribution in [0.3, 0.4) is 0 Å².